The lowest BCUT2D eigenvalue weighted by Crippen LogP contribution is -2.24. The second-order valence-electron chi connectivity index (χ2n) is 2.52. The van der Waals surface area contributed by atoms with Gasteiger partial charge in [-0.25, -0.2) is 9.59 Å². The van der Waals surface area contributed by atoms with Crippen molar-refractivity contribution in [2.75, 3.05) is 11.5 Å². The summed E-state index contributed by atoms with van der Waals surface area (Å²) in [7, 11) is -0.373. The van der Waals surface area contributed by atoms with Crippen LogP contribution < -0.4 is 0 Å². The Morgan fingerprint density at radius 3 is 2.42 bits per heavy atom. The Labute approximate surface area is 75.1 Å². The fraction of sp³-hybridized carbons (Fsp3) is 0.667. The van der Waals surface area contributed by atoms with Gasteiger partial charge >= 0.3 is 11.9 Å². The molecule has 2 aliphatic heterocycles. The molecule has 1 spiro atoms. The molecular weight excluding hydrogens is 200 g/mol. The van der Waals surface area contributed by atoms with Crippen LogP contribution in [0.3, 0.4) is 0 Å². The second-order valence-corrected chi connectivity index (χ2v) is 7.26. The Morgan fingerprint density at radius 1 is 1.25 bits per heavy atom. The van der Waals surface area contributed by atoms with E-state index in [4.69, 9.17) is 8.37 Å². The standard InChI is InChI=1S/C6H8O4S2/c7-5-4-6(8)10-12(9-5)3-1-2-11-12/h1-4H2. The van der Waals surface area contributed by atoms with E-state index in [0.717, 1.165) is 12.2 Å². The largest absolute Gasteiger partial charge is 0.341 e. The molecule has 0 bridgehead atoms. The predicted octanol–water partition coefficient (Wildman–Crippen LogP) is 1.16. The quantitative estimate of drug-likeness (QED) is 0.441. The summed E-state index contributed by atoms with van der Waals surface area (Å²) in [5, 5.41) is 0. The summed E-state index contributed by atoms with van der Waals surface area (Å²) < 4.78 is 10.1. The van der Waals surface area contributed by atoms with Crippen LogP contribution in [-0.4, -0.2) is 23.4 Å². The first-order valence-electron chi connectivity index (χ1n) is 3.60. The molecule has 0 amide bonds. The Kier molecular flexibility index (Phi) is 1.96. The molecule has 2 heterocycles. The molecule has 0 aromatic rings. The van der Waals surface area contributed by atoms with Crippen LogP contribution in [0.25, 0.3) is 0 Å². The fourth-order valence-corrected chi connectivity index (χ4v) is 5.95. The van der Waals surface area contributed by atoms with E-state index in [9.17, 15) is 9.59 Å². The summed E-state index contributed by atoms with van der Waals surface area (Å²) in [6.07, 6.45) is 0.732. The topological polar surface area (TPSA) is 52.6 Å². The Balaban J connectivity index is 2.14. The first-order valence-corrected chi connectivity index (χ1v) is 6.76. The molecule has 0 saturated carbocycles. The molecule has 68 valence electrons. The number of hydrogen-bond donors (Lipinski definition) is 0. The minimum Gasteiger partial charge on any atom is -0.334 e. The van der Waals surface area contributed by atoms with Crippen molar-refractivity contribution in [2.45, 2.75) is 12.8 Å². The highest BCUT2D eigenvalue weighted by Crippen LogP contribution is 2.67. The van der Waals surface area contributed by atoms with Crippen LogP contribution in [0.5, 0.6) is 0 Å². The zero-order chi connectivity index (χ0) is 8.60. The van der Waals surface area contributed by atoms with Crippen LogP contribution >= 0.6 is 20.4 Å². The molecule has 0 aromatic heterocycles. The molecule has 0 aliphatic carbocycles. The lowest BCUT2D eigenvalue weighted by molar-refractivity contribution is -0.147. The molecule has 2 rings (SSSR count). The van der Waals surface area contributed by atoms with Crippen molar-refractivity contribution in [3.63, 3.8) is 0 Å². The Hall–Kier alpha value is -0.360. The molecule has 0 atom stereocenters. The van der Waals surface area contributed by atoms with Crippen molar-refractivity contribution in [1.29, 1.82) is 0 Å². The molecule has 0 unspecified atom stereocenters. The maximum absolute atomic E-state index is 10.9. The third kappa shape index (κ3) is 1.40. The van der Waals surface area contributed by atoms with E-state index in [2.05, 4.69) is 0 Å². The van der Waals surface area contributed by atoms with Gasteiger partial charge in [0.2, 0.25) is 0 Å². The summed E-state index contributed by atoms with van der Waals surface area (Å²) in [6.45, 7) is 0. The lowest BCUT2D eigenvalue weighted by atomic mass is 10.5. The minimum atomic E-state index is -1.84. The number of carbonyl (C=O) groups excluding carboxylic acids is 2. The zero-order valence-electron chi connectivity index (χ0n) is 6.28. The monoisotopic (exact) mass is 208 g/mol. The first kappa shape index (κ1) is 8.25. The molecule has 2 fully saturated rings. The summed E-state index contributed by atoms with van der Waals surface area (Å²) in [5.74, 6) is 0.747. The predicted molar refractivity (Wildman–Crippen MR) is 46.3 cm³/mol. The van der Waals surface area contributed by atoms with Crippen molar-refractivity contribution < 1.29 is 18.0 Å². The van der Waals surface area contributed by atoms with Crippen molar-refractivity contribution in [3.8, 4) is 0 Å². The van der Waals surface area contributed by atoms with Crippen LogP contribution in [0.4, 0.5) is 0 Å². The van der Waals surface area contributed by atoms with Gasteiger partial charge in [0, 0.05) is 5.75 Å². The SMILES string of the molecule is O=C1CC(=O)OS2(CCCS2)O1. The molecule has 0 radical (unpaired) electrons. The highest BCUT2D eigenvalue weighted by Gasteiger charge is 2.39. The van der Waals surface area contributed by atoms with Crippen LogP contribution in [0.15, 0.2) is 0 Å². The van der Waals surface area contributed by atoms with Crippen LogP contribution in [-0.2, 0) is 18.0 Å². The van der Waals surface area contributed by atoms with Gasteiger partial charge in [-0.3, -0.25) is 0 Å². The smallest absolute Gasteiger partial charge is 0.334 e. The van der Waals surface area contributed by atoms with Gasteiger partial charge in [-0.1, -0.05) is 9.62 Å². The van der Waals surface area contributed by atoms with E-state index >= 15 is 0 Å². The lowest BCUT2D eigenvalue weighted by Gasteiger charge is -2.38. The van der Waals surface area contributed by atoms with Crippen molar-refractivity contribution >= 4 is 32.4 Å². The third-order valence-electron chi connectivity index (χ3n) is 1.53. The maximum atomic E-state index is 10.9. The average molecular weight is 208 g/mol. The third-order valence-corrected chi connectivity index (χ3v) is 6.50. The van der Waals surface area contributed by atoms with Crippen molar-refractivity contribution in [3.05, 3.63) is 0 Å². The van der Waals surface area contributed by atoms with Gasteiger partial charge in [0.25, 0.3) is 0 Å². The molecule has 4 nitrogen and oxygen atoms in total. The van der Waals surface area contributed by atoms with E-state index in [0.29, 0.717) is 5.75 Å². The summed E-state index contributed by atoms with van der Waals surface area (Å²) in [5.41, 5.74) is 0. The molecule has 12 heavy (non-hydrogen) atoms. The van der Waals surface area contributed by atoms with E-state index in [1.54, 1.807) is 0 Å². The van der Waals surface area contributed by atoms with Crippen LogP contribution in [0, 0.1) is 0 Å². The maximum Gasteiger partial charge on any atom is 0.341 e. The zero-order valence-corrected chi connectivity index (χ0v) is 7.91. The van der Waals surface area contributed by atoms with Crippen LogP contribution in [0.1, 0.15) is 12.8 Å². The Morgan fingerprint density at radius 2 is 1.92 bits per heavy atom. The number of rotatable bonds is 0. The van der Waals surface area contributed by atoms with Gasteiger partial charge in [0.1, 0.15) is 6.42 Å². The number of carbonyl (C=O) groups is 2. The van der Waals surface area contributed by atoms with E-state index < -0.39 is 21.6 Å². The molecule has 6 heteroatoms. The highest BCUT2D eigenvalue weighted by molar-refractivity contribution is 8.90. The van der Waals surface area contributed by atoms with Gasteiger partial charge in [-0.15, -0.1) is 0 Å². The Bertz CT molecular complexity index is 216. The minimum absolute atomic E-state index is 0.227. The second kappa shape index (κ2) is 2.85. The molecule has 0 N–H and O–H groups in total. The van der Waals surface area contributed by atoms with Gasteiger partial charge in [-0.2, -0.15) is 0 Å². The number of hydrogen-bond acceptors (Lipinski definition) is 5. The molecule has 0 aromatic carbocycles. The fourth-order valence-electron chi connectivity index (χ4n) is 1.09. The normalized spacial score (nSPS) is 29.7. The van der Waals surface area contributed by atoms with Crippen LogP contribution in [0.2, 0.25) is 0 Å². The van der Waals surface area contributed by atoms with E-state index in [1.807, 2.05) is 0 Å². The first-order chi connectivity index (χ1) is 5.70. The van der Waals surface area contributed by atoms with Gasteiger partial charge < -0.3 is 8.37 Å². The van der Waals surface area contributed by atoms with Gasteiger partial charge in [0.15, 0.2) is 0 Å². The summed E-state index contributed by atoms with van der Waals surface area (Å²) in [6, 6.07) is 0. The average Bonchev–Trinajstić information content (AvgIpc) is 2.33. The molecular formula is C6H8O4S2. The summed E-state index contributed by atoms with van der Waals surface area (Å²) >= 11 is 0. The highest BCUT2D eigenvalue weighted by atomic mass is 33.2. The van der Waals surface area contributed by atoms with Gasteiger partial charge in [0.05, 0.1) is 5.75 Å². The molecule has 2 saturated heterocycles. The molecule has 2 aliphatic rings. The van der Waals surface area contributed by atoms with Crippen molar-refractivity contribution in [1.82, 2.24) is 0 Å². The van der Waals surface area contributed by atoms with E-state index in [1.165, 1.54) is 10.8 Å². The summed E-state index contributed by atoms with van der Waals surface area (Å²) in [4.78, 5) is 21.8. The van der Waals surface area contributed by atoms with E-state index in [-0.39, 0.29) is 6.42 Å². The van der Waals surface area contributed by atoms with Gasteiger partial charge in [-0.05, 0) is 17.2 Å². The van der Waals surface area contributed by atoms with Crippen molar-refractivity contribution in [2.24, 2.45) is 0 Å².